The highest BCUT2D eigenvalue weighted by molar-refractivity contribution is 5.77. The summed E-state index contributed by atoms with van der Waals surface area (Å²) in [7, 11) is 0. The highest BCUT2D eigenvalue weighted by Crippen LogP contribution is 2.18. The van der Waals surface area contributed by atoms with E-state index in [1.54, 1.807) is 0 Å². The molecule has 0 aromatic carbocycles. The number of hydrogen-bond acceptors (Lipinski definition) is 5. The molecule has 3 unspecified atom stereocenters. The second kappa shape index (κ2) is 57.5. The molecule has 0 saturated carbocycles. The predicted octanol–water partition coefficient (Wildman–Crippen LogP) is 19.1. The number of unbranched alkanes of at least 4 members (excludes halogenated alkanes) is 33. The maximum absolute atomic E-state index is 13.3. The first-order valence-electron chi connectivity index (χ1n) is 30.5. The van der Waals surface area contributed by atoms with Crippen LogP contribution in [0.1, 0.15) is 310 Å². The van der Waals surface area contributed by atoms with Crippen LogP contribution >= 0.6 is 0 Å². The van der Waals surface area contributed by atoms with Gasteiger partial charge in [-0.2, -0.15) is 0 Å². The summed E-state index contributed by atoms with van der Waals surface area (Å²) in [5.41, 5.74) is 0. The normalized spacial score (nSPS) is 13.5. The van der Waals surface area contributed by atoms with E-state index in [1.165, 1.54) is 186 Å². The van der Waals surface area contributed by atoms with Gasteiger partial charge in [0.2, 0.25) is 5.91 Å². The van der Waals surface area contributed by atoms with Crippen LogP contribution in [0.2, 0.25) is 0 Å². The Morgan fingerprint density at radius 3 is 1.17 bits per heavy atom. The van der Waals surface area contributed by atoms with E-state index in [2.05, 4.69) is 86.8 Å². The SMILES string of the molecule is CCCCC/C=C\C/C=C\C/C=C\C/C=C\CCCC(CC(=O)NC(CO)C(O)CCCCCCCCCCCCCCCCCC)OC(=O)CCCCCCC/C=C/CCCCCCCCCCC. The highest BCUT2D eigenvalue weighted by Gasteiger charge is 2.24. The number of carbonyl (C=O) groups is 2. The fourth-order valence-electron chi connectivity index (χ4n) is 9.18. The van der Waals surface area contributed by atoms with Gasteiger partial charge in [-0.3, -0.25) is 9.59 Å². The molecule has 0 aromatic rings. The highest BCUT2D eigenvalue weighted by atomic mass is 16.5. The monoisotopic (exact) mass is 980 g/mol. The number of allylic oxidation sites excluding steroid dienone is 10. The van der Waals surface area contributed by atoms with E-state index in [4.69, 9.17) is 4.74 Å². The Morgan fingerprint density at radius 1 is 0.414 bits per heavy atom. The number of ether oxygens (including phenoxy) is 1. The van der Waals surface area contributed by atoms with Gasteiger partial charge in [-0.05, 0) is 89.9 Å². The van der Waals surface area contributed by atoms with Crippen molar-refractivity contribution in [3.05, 3.63) is 60.8 Å². The fraction of sp³-hybridized carbons (Fsp3) is 0.812. The van der Waals surface area contributed by atoms with Crippen molar-refractivity contribution >= 4 is 11.9 Å². The van der Waals surface area contributed by atoms with Crippen molar-refractivity contribution in [3.8, 4) is 0 Å². The van der Waals surface area contributed by atoms with Crippen LogP contribution in [-0.4, -0.2) is 46.9 Å². The zero-order valence-electron chi connectivity index (χ0n) is 46.7. The largest absolute Gasteiger partial charge is 0.462 e. The van der Waals surface area contributed by atoms with Crippen molar-refractivity contribution in [1.82, 2.24) is 5.32 Å². The number of aliphatic hydroxyl groups is 2. The Labute approximate surface area is 435 Å². The molecular formula is C64H117NO5. The lowest BCUT2D eigenvalue weighted by molar-refractivity contribution is -0.151. The van der Waals surface area contributed by atoms with Gasteiger partial charge in [0.15, 0.2) is 0 Å². The van der Waals surface area contributed by atoms with E-state index in [-0.39, 0.29) is 24.9 Å². The van der Waals surface area contributed by atoms with Crippen molar-refractivity contribution in [2.75, 3.05) is 6.61 Å². The summed E-state index contributed by atoms with van der Waals surface area (Å²) in [5, 5.41) is 23.9. The van der Waals surface area contributed by atoms with Gasteiger partial charge >= 0.3 is 5.97 Å². The average Bonchev–Trinajstić information content (AvgIpc) is 3.35. The molecule has 0 rings (SSSR count). The number of rotatable bonds is 55. The van der Waals surface area contributed by atoms with E-state index in [1.807, 2.05) is 0 Å². The third kappa shape index (κ3) is 51.9. The summed E-state index contributed by atoms with van der Waals surface area (Å²) in [6.45, 7) is 6.47. The predicted molar refractivity (Wildman–Crippen MR) is 305 cm³/mol. The molecule has 0 radical (unpaired) electrons. The maximum Gasteiger partial charge on any atom is 0.306 e. The molecule has 0 spiro atoms. The molecule has 1 amide bonds. The molecule has 0 bridgehead atoms. The number of nitrogens with one attached hydrogen (secondary N) is 1. The third-order valence-electron chi connectivity index (χ3n) is 13.8. The Kier molecular flexibility index (Phi) is 55.5. The van der Waals surface area contributed by atoms with Gasteiger partial charge in [-0.15, -0.1) is 0 Å². The van der Waals surface area contributed by atoms with Gasteiger partial charge in [0.1, 0.15) is 6.10 Å². The molecule has 0 fully saturated rings. The van der Waals surface area contributed by atoms with Crippen molar-refractivity contribution in [1.29, 1.82) is 0 Å². The van der Waals surface area contributed by atoms with E-state index >= 15 is 0 Å². The van der Waals surface area contributed by atoms with Gasteiger partial charge < -0.3 is 20.3 Å². The summed E-state index contributed by atoms with van der Waals surface area (Å²) in [6, 6.07) is -0.723. The molecule has 3 atom stereocenters. The molecule has 0 aliphatic carbocycles. The number of hydrogen-bond donors (Lipinski definition) is 3. The van der Waals surface area contributed by atoms with E-state index in [9.17, 15) is 19.8 Å². The Morgan fingerprint density at radius 2 is 0.743 bits per heavy atom. The van der Waals surface area contributed by atoms with Gasteiger partial charge in [-0.25, -0.2) is 0 Å². The number of carbonyl (C=O) groups excluding carboxylic acids is 2. The minimum atomic E-state index is -0.806. The molecule has 6 nitrogen and oxygen atoms in total. The van der Waals surface area contributed by atoms with Crippen LogP contribution in [0.25, 0.3) is 0 Å². The van der Waals surface area contributed by atoms with Gasteiger partial charge in [0.25, 0.3) is 0 Å². The van der Waals surface area contributed by atoms with Crippen molar-refractivity contribution in [2.24, 2.45) is 0 Å². The topological polar surface area (TPSA) is 95.9 Å². The molecule has 0 aromatic heterocycles. The first-order valence-corrected chi connectivity index (χ1v) is 30.5. The van der Waals surface area contributed by atoms with Crippen LogP contribution in [0.5, 0.6) is 0 Å². The maximum atomic E-state index is 13.3. The van der Waals surface area contributed by atoms with Gasteiger partial charge in [-0.1, -0.05) is 268 Å². The summed E-state index contributed by atoms with van der Waals surface area (Å²) < 4.78 is 5.94. The van der Waals surface area contributed by atoms with Crippen LogP contribution in [0.4, 0.5) is 0 Å². The molecule has 3 N–H and O–H groups in total. The van der Waals surface area contributed by atoms with Crippen LogP contribution in [0.3, 0.4) is 0 Å². The molecule has 408 valence electrons. The second-order valence-electron chi connectivity index (χ2n) is 20.7. The lowest BCUT2D eigenvalue weighted by atomic mass is 10.0. The molecule has 0 saturated heterocycles. The zero-order chi connectivity index (χ0) is 50.9. The lowest BCUT2D eigenvalue weighted by Gasteiger charge is -2.24. The fourth-order valence-corrected chi connectivity index (χ4v) is 9.18. The minimum absolute atomic E-state index is 0.0370. The molecule has 70 heavy (non-hydrogen) atoms. The first kappa shape index (κ1) is 67.6. The van der Waals surface area contributed by atoms with Crippen LogP contribution in [0, 0.1) is 0 Å². The lowest BCUT2D eigenvalue weighted by Crippen LogP contribution is -2.46. The minimum Gasteiger partial charge on any atom is -0.462 e. The van der Waals surface area contributed by atoms with E-state index in [0.717, 1.165) is 77.0 Å². The van der Waals surface area contributed by atoms with Crippen molar-refractivity contribution in [3.63, 3.8) is 0 Å². The molecule has 0 aliphatic heterocycles. The number of aliphatic hydroxyl groups excluding tert-OH is 2. The number of amides is 1. The van der Waals surface area contributed by atoms with Crippen LogP contribution in [-0.2, 0) is 14.3 Å². The molecule has 6 heteroatoms. The Bertz CT molecular complexity index is 1240. The summed E-state index contributed by atoms with van der Waals surface area (Å²) >= 11 is 0. The smallest absolute Gasteiger partial charge is 0.306 e. The number of esters is 1. The van der Waals surface area contributed by atoms with Crippen molar-refractivity contribution < 1.29 is 24.5 Å². The molecule has 0 aliphatic rings. The summed E-state index contributed by atoms with van der Waals surface area (Å²) in [6.07, 6.45) is 72.9. The quantitative estimate of drug-likeness (QED) is 0.0321. The Hall–Kier alpha value is -2.44. The standard InChI is InChI=1S/C64H117NO5/c1-4-7-10-13-16-19-22-25-28-31-33-36-39-42-45-48-51-54-57-64(69)70-60(55-52-49-46-43-40-37-34-32-29-26-23-20-17-14-11-8-5-2)58-63(68)65-61(59-66)62(67)56-53-50-47-44-41-38-35-30-27-24-21-18-15-12-9-6-3/h17,20,26,29,33-34,36-37,43,46,60-62,66-67H,4-16,18-19,21-25,27-28,30-32,35,38-42,44-45,47-59H2,1-3H3,(H,65,68)/b20-17-,29-26-,36-33+,37-34-,46-43-. The molecule has 0 heterocycles. The van der Waals surface area contributed by atoms with E-state index < -0.39 is 18.2 Å². The van der Waals surface area contributed by atoms with Crippen molar-refractivity contribution in [2.45, 2.75) is 328 Å². The van der Waals surface area contributed by atoms with Crippen LogP contribution < -0.4 is 5.32 Å². The Balaban J connectivity index is 4.64. The average molecular weight is 981 g/mol. The van der Waals surface area contributed by atoms with Gasteiger partial charge in [0, 0.05) is 6.42 Å². The zero-order valence-corrected chi connectivity index (χ0v) is 46.7. The molecular weight excluding hydrogens is 863 g/mol. The van der Waals surface area contributed by atoms with E-state index in [0.29, 0.717) is 19.3 Å². The second-order valence-corrected chi connectivity index (χ2v) is 20.7. The first-order chi connectivity index (χ1) is 34.5. The summed E-state index contributed by atoms with van der Waals surface area (Å²) in [5.74, 6) is -0.528. The van der Waals surface area contributed by atoms with Gasteiger partial charge in [0.05, 0.1) is 25.2 Å². The third-order valence-corrected chi connectivity index (χ3v) is 13.8. The van der Waals surface area contributed by atoms with Crippen LogP contribution in [0.15, 0.2) is 60.8 Å². The summed E-state index contributed by atoms with van der Waals surface area (Å²) in [4.78, 5) is 26.3.